The van der Waals surface area contributed by atoms with Crippen LogP contribution in [0.4, 0.5) is 5.82 Å². The summed E-state index contributed by atoms with van der Waals surface area (Å²) in [7, 11) is 0. The molecule has 0 unspecified atom stereocenters. The number of halogens is 1. The molecule has 0 saturated carbocycles. The predicted octanol–water partition coefficient (Wildman–Crippen LogP) is 4.12. The summed E-state index contributed by atoms with van der Waals surface area (Å²) < 4.78 is 1.94. The number of fused-ring (bicyclic) bond motifs is 2. The van der Waals surface area contributed by atoms with Gasteiger partial charge in [0.15, 0.2) is 11.5 Å². The number of amides is 2. The number of nitrogens with two attached hydrogens (primary N) is 1. The molecule has 1 aliphatic rings. The van der Waals surface area contributed by atoms with Crippen molar-refractivity contribution >= 4 is 51.3 Å². The quantitative estimate of drug-likeness (QED) is 0.272. The molecule has 6 rings (SSSR count). The molecule has 0 bridgehead atoms. The monoisotopic (exact) mass is 581 g/mol. The lowest BCUT2D eigenvalue weighted by Gasteiger charge is -2.31. The number of carbonyl (C=O) groups excluding carboxylic acids is 2. The molecule has 0 radical (unpaired) electrons. The van der Waals surface area contributed by atoms with Gasteiger partial charge >= 0.3 is 0 Å². The van der Waals surface area contributed by atoms with E-state index >= 15 is 0 Å². The zero-order valence-corrected chi connectivity index (χ0v) is 23.6. The molecule has 212 valence electrons. The Labute approximate surface area is 246 Å². The molecule has 42 heavy (non-hydrogen) atoms. The Kier molecular flexibility index (Phi) is 7.22. The third-order valence-electron chi connectivity index (χ3n) is 7.85. The summed E-state index contributed by atoms with van der Waals surface area (Å²) in [5.74, 6) is 0.425. The van der Waals surface area contributed by atoms with Crippen molar-refractivity contribution in [3.8, 4) is 6.07 Å². The van der Waals surface area contributed by atoms with Gasteiger partial charge in [0.05, 0.1) is 47.2 Å². The van der Waals surface area contributed by atoms with Crippen molar-refractivity contribution in [2.75, 3.05) is 18.8 Å². The lowest BCUT2D eigenvalue weighted by molar-refractivity contribution is -0.129. The summed E-state index contributed by atoms with van der Waals surface area (Å²) in [5.41, 5.74) is 11.9. The molecule has 4 N–H and O–H groups in total. The maximum Gasteiger partial charge on any atom is 0.253 e. The molecule has 0 spiro atoms. The molecular formula is C30H28ClN9O2. The molecule has 4 heterocycles. The van der Waals surface area contributed by atoms with Crippen molar-refractivity contribution in [2.45, 2.75) is 38.8 Å². The van der Waals surface area contributed by atoms with E-state index in [1.807, 2.05) is 21.6 Å². The van der Waals surface area contributed by atoms with Gasteiger partial charge in [-0.2, -0.15) is 5.26 Å². The zero-order chi connectivity index (χ0) is 29.4. The van der Waals surface area contributed by atoms with Gasteiger partial charge in [0.2, 0.25) is 5.91 Å². The van der Waals surface area contributed by atoms with Gasteiger partial charge < -0.3 is 25.5 Å². The minimum atomic E-state index is -0.330. The van der Waals surface area contributed by atoms with Gasteiger partial charge in [-0.05, 0) is 60.2 Å². The fraction of sp³-hybridized carbons (Fsp3) is 0.267. The number of anilines is 1. The number of nitrogens with zero attached hydrogens (tertiary/aromatic N) is 6. The number of imidazole rings is 1. The topological polar surface area (TPSA) is 159 Å². The molecule has 1 fully saturated rings. The van der Waals surface area contributed by atoms with E-state index in [4.69, 9.17) is 22.6 Å². The summed E-state index contributed by atoms with van der Waals surface area (Å²) in [6, 6.07) is 13.1. The number of hydrogen-bond acceptors (Lipinski definition) is 7. The fourth-order valence-electron chi connectivity index (χ4n) is 5.62. The molecule has 3 aromatic heterocycles. The van der Waals surface area contributed by atoms with E-state index in [9.17, 15) is 9.59 Å². The zero-order valence-electron chi connectivity index (χ0n) is 22.9. The fourth-order valence-corrected chi connectivity index (χ4v) is 5.89. The number of nitrogen functional groups attached to an aromatic ring is 1. The maximum atomic E-state index is 12.9. The number of benzene rings is 2. The van der Waals surface area contributed by atoms with Gasteiger partial charge in [-0.25, -0.2) is 15.0 Å². The summed E-state index contributed by atoms with van der Waals surface area (Å²) in [5, 5.41) is 13.2. The van der Waals surface area contributed by atoms with Crippen molar-refractivity contribution in [1.29, 1.82) is 5.26 Å². The van der Waals surface area contributed by atoms with Crippen molar-refractivity contribution in [3.05, 3.63) is 82.0 Å². The predicted molar refractivity (Wildman–Crippen MR) is 159 cm³/mol. The Hall–Kier alpha value is -4.95. The highest BCUT2D eigenvalue weighted by molar-refractivity contribution is 6.34. The molecular weight excluding hydrogens is 554 g/mol. The Balaban J connectivity index is 1.31. The third-order valence-corrected chi connectivity index (χ3v) is 8.16. The molecule has 5 aromatic rings. The van der Waals surface area contributed by atoms with E-state index in [0.717, 1.165) is 48.1 Å². The highest BCUT2D eigenvalue weighted by Crippen LogP contribution is 2.33. The van der Waals surface area contributed by atoms with Gasteiger partial charge in [0.25, 0.3) is 5.91 Å². The highest BCUT2D eigenvalue weighted by atomic mass is 35.5. The molecule has 1 aliphatic heterocycles. The van der Waals surface area contributed by atoms with E-state index in [1.54, 1.807) is 25.4 Å². The SMILES string of the molecule is CC(=O)N1CCC(c2cc(Cn3cnc4c(N)ncnc43)c3[nH]c(CNC(=O)c4ccc(C#N)cc4Cl)cc3c2)CC1. The summed E-state index contributed by atoms with van der Waals surface area (Å²) in [6.45, 7) is 3.84. The van der Waals surface area contributed by atoms with Crippen LogP contribution < -0.4 is 11.1 Å². The van der Waals surface area contributed by atoms with Gasteiger partial charge in [-0.15, -0.1) is 0 Å². The average molecular weight is 582 g/mol. The smallest absolute Gasteiger partial charge is 0.253 e. The number of rotatable bonds is 6. The van der Waals surface area contributed by atoms with Crippen LogP contribution in [0.3, 0.4) is 0 Å². The van der Waals surface area contributed by atoms with Gasteiger partial charge in [-0.3, -0.25) is 9.59 Å². The third kappa shape index (κ3) is 5.24. The average Bonchev–Trinajstić information content (AvgIpc) is 3.60. The number of piperidine rings is 1. The Morgan fingerprint density at radius 3 is 2.71 bits per heavy atom. The van der Waals surface area contributed by atoms with Crippen LogP contribution in [0.1, 0.15) is 58.4 Å². The molecule has 2 amide bonds. The van der Waals surface area contributed by atoms with Crippen LogP contribution in [-0.2, 0) is 17.9 Å². The summed E-state index contributed by atoms with van der Waals surface area (Å²) in [4.78, 5) is 43.0. The number of H-pyrrole nitrogens is 1. The first-order chi connectivity index (χ1) is 20.3. The number of hydrogen-bond donors (Lipinski definition) is 3. The molecule has 0 atom stereocenters. The number of likely N-dealkylation sites (tertiary alicyclic amines) is 1. The van der Waals surface area contributed by atoms with Gasteiger partial charge in [0.1, 0.15) is 11.8 Å². The number of nitrogens with one attached hydrogen (secondary N) is 2. The van der Waals surface area contributed by atoms with Crippen molar-refractivity contribution in [3.63, 3.8) is 0 Å². The normalized spacial score (nSPS) is 13.9. The van der Waals surface area contributed by atoms with E-state index in [2.05, 4.69) is 37.4 Å². The van der Waals surface area contributed by atoms with Crippen LogP contribution >= 0.6 is 11.6 Å². The number of carbonyl (C=O) groups is 2. The van der Waals surface area contributed by atoms with Crippen LogP contribution in [0.25, 0.3) is 22.1 Å². The van der Waals surface area contributed by atoms with E-state index < -0.39 is 0 Å². The summed E-state index contributed by atoms with van der Waals surface area (Å²) in [6.07, 6.45) is 4.92. The van der Waals surface area contributed by atoms with Crippen LogP contribution in [0.15, 0.2) is 49.1 Å². The van der Waals surface area contributed by atoms with Crippen LogP contribution in [-0.4, -0.2) is 54.3 Å². The Bertz CT molecular complexity index is 1880. The second-order valence-corrected chi connectivity index (χ2v) is 10.9. The first kappa shape index (κ1) is 27.2. The second kappa shape index (κ2) is 11.1. The lowest BCUT2D eigenvalue weighted by atomic mass is 9.87. The Morgan fingerprint density at radius 1 is 1.17 bits per heavy atom. The second-order valence-electron chi connectivity index (χ2n) is 10.5. The maximum absolute atomic E-state index is 12.9. The molecule has 2 aromatic carbocycles. The minimum Gasteiger partial charge on any atom is -0.382 e. The van der Waals surface area contributed by atoms with E-state index in [0.29, 0.717) is 40.6 Å². The van der Waals surface area contributed by atoms with Crippen molar-refractivity contribution < 1.29 is 9.59 Å². The van der Waals surface area contributed by atoms with Gasteiger partial charge in [0, 0.05) is 31.1 Å². The first-order valence-electron chi connectivity index (χ1n) is 13.6. The van der Waals surface area contributed by atoms with Crippen molar-refractivity contribution in [2.24, 2.45) is 0 Å². The highest BCUT2D eigenvalue weighted by Gasteiger charge is 2.24. The van der Waals surface area contributed by atoms with Crippen LogP contribution in [0, 0.1) is 11.3 Å². The molecule has 0 aliphatic carbocycles. The standard InChI is InChI=1S/C30H28ClN9O2/c1-17(41)39-6-4-19(5-7-39)20-9-21-11-23(13-34-30(42)24-3-2-18(12-32)8-25(24)31)38-26(21)22(10-20)14-40-16-37-27-28(33)35-15-36-29(27)40/h2-3,8-11,15-16,19,38H,4-7,13-14H2,1H3,(H,34,42)(H2,33,35,36). The Morgan fingerprint density at radius 2 is 1.98 bits per heavy atom. The van der Waals surface area contributed by atoms with Gasteiger partial charge in [-0.1, -0.05) is 17.7 Å². The molecule has 11 nitrogen and oxygen atoms in total. The molecule has 1 saturated heterocycles. The number of aromatic nitrogens is 5. The largest absolute Gasteiger partial charge is 0.382 e. The van der Waals surface area contributed by atoms with Crippen LogP contribution in [0.2, 0.25) is 5.02 Å². The first-order valence-corrected chi connectivity index (χ1v) is 14.0. The summed E-state index contributed by atoms with van der Waals surface area (Å²) >= 11 is 6.24. The molecule has 12 heteroatoms. The van der Waals surface area contributed by atoms with Crippen LogP contribution in [0.5, 0.6) is 0 Å². The van der Waals surface area contributed by atoms with E-state index in [1.165, 1.54) is 18.0 Å². The number of nitriles is 1. The lowest BCUT2D eigenvalue weighted by Crippen LogP contribution is -2.36. The minimum absolute atomic E-state index is 0.109. The van der Waals surface area contributed by atoms with Crippen molar-refractivity contribution in [1.82, 2.24) is 34.7 Å². The van der Waals surface area contributed by atoms with E-state index in [-0.39, 0.29) is 23.4 Å². The number of aromatic amines is 1.